The van der Waals surface area contributed by atoms with Gasteiger partial charge in [-0.25, -0.2) is 0 Å². The van der Waals surface area contributed by atoms with Crippen LogP contribution in [0, 0.1) is 11.8 Å². The molecule has 4 rings (SSSR count). The molecule has 0 aliphatic heterocycles. The highest BCUT2D eigenvalue weighted by Crippen LogP contribution is 2.30. The number of carbonyl (C=O) groups excluding carboxylic acids is 2. The van der Waals surface area contributed by atoms with Crippen LogP contribution in [0.15, 0.2) is 48.5 Å². The minimum Gasteiger partial charge on any atom is -0.425 e. The van der Waals surface area contributed by atoms with Gasteiger partial charge in [-0.3, -0.25) is 9.59 Å². The van der Waals surface area contributed by atoms with Crippen LogP contribution in [0.25, 0.3) is 0 Å². The van der Waals surface area contributed by atoms with E-state index in [0.29, 0.717) is 11.8 Å². The standard InChI is InChI=1S/C32H42O6/c1-20(25-14-10-23(11-15-25)18-27-6-4-8-29(27)33)31(35)37-22(3)38-32(36)21(2)26-16-12-24(13-17-26)19-28-7-5-9-30(28)34/h10-17,20-22,27-30,33-34H,4-9,18-19H2,1-3H3/t20-,21-,27+,28+,29-,30-/m0/s1. The van der Waals surface area contributed by atoms with E-state index in [-0.39, 0.29) is 12.2 Å². The molecule has 206 valence electrons. The van der Waals surface area contributed by atoms with Gasteiger partial charge in [0, 0.05) is 6.92 Å². The summed E-state index contributed by atoms with van der Waals surface area (Å²) in [5.74, 6) is -1.27. The molecular formula is C32H42O6. The van der Waals surface area contributed by atoms with E-state index in [9.17, 15) is 19.8 Å². The Balaban J connectivity index is 1.24. The Hall–Kier alpha value is -2.70. The summed E-state index contributed by atoms with van der Waals surface area (Å²) in [6, 6.07) is 15.8. The Morgan fingerprint density at radius 3 is 1.37 bits per heavy atom. The number of aliphatic hydroxyl groups excluding tert-OH is 2. The van der Waals surface area contributed by atoms with Crippen LogP contribution in [0.1, 0.15) is 93.4 Å². The van der Waals surface area contributed by atoms with Gasteiger partial charge in [0.1, 0.15) is 0 Å². The van der Waals surface area contributed by atoms with E-state index >= 15 is 0 Å². The lowest BCUT2D eigenvalue weighted by atomic mass is 9.93. The summed E-state index contributed by atoms with van der Waals surface area (Å²) < 4.78 is 10.9. The van der Waals surface area contributed by atoms with Gasteiger partial charge in [0.05, 0.1) is 24.0 Å². The predicted octanol–water partition coefficient (Wildman–Crippen LogP) is 5.43. The lowest BCUT2D eigenvalue weighted by molar-refractivity contribution is -0.186. The molecule has 2 N–H and O–H groups in total. The van der Waals surface area contributed by atoms with E-state index in [4.69, 9.17) is 9.47 Å². The van der Waals surface area contributed by atoms with Gasteiger partial charge in [-0.05, 0) is 86.5 Å². The summed E-state index contributed by atoms with van der Waals surface area (Å²) in [5.41, 5.74) is 3.98. The molecule has 0 radical (unpaired) electrons. The highest BCUT2D eigenvalue weighted by Gasteiger charge is 2.27. The van der Waals surface area contributed by atoms with E-state index in [2.05, 4.69) is 0 Å². The van der Waals surface area contributed by atoms with Crippen molar-refractivity contribution in [2.45, 2.75) is 102 Å². The van der Waals surface area contributed by atoms with Gasteiger partial charge in [0.15, 0.2) is 0 Å². The van der Waals surface area contributed by atoms with Crippen LogP contribution < -0.4 is 0 Å². The minimum absolute atomic E-state index is 0.216. The van der Waals surface area contributed by atoms with E-state index in [0.717, 1.165) is 73.6 Å². The second-order valence-corrected chi connectivity index (χ2v) is 11.3. The van der Waals surface area contributed by atoms with E-state index < -0.39 is 30.1 Å². The summed E-state index contributed by atoms with van der Waals surface area (Å²) in [6.07, 6.45) is 6.28. The van der Waals surface area contributed by atoms with Crippen LogP contribution in [0.2, 0.25) is 0 Å². The molecule has 38 heavy (non-hydrogen) atoms. The molecule has 0 unspecified atom stereocenters. The first kappa shape index (κ1) is 28.3. The summed E-state index contributed by atoms with van der Waals surface area (Å²) in [6.45, 7) is 5.12. The Morgan fingerprint density at radius 2 is 1.05 bits per heavy atom. The van der Waals surface area contributed by atoms with E-state index in [1.807, 2.05) is 48.5 Å². The molecule has 0 bridgehead atoms. The third-order valence-corrected chi connectivity index (χ3v) is 8.46. The van der Waals surface area contributed by atoms with Crippen molar-refractivity contribution in [3.8, 4) is 0 Å². The van der Waals surface area contributed by atoms with Gasteiger partial charge >= 0.3 is 11.9 Å². The van der Waals surface area contributed by atoms with Crippen LogP contribution in [0.5, 0.6) is 0 Å². The number of aliphatic hydroxyl groups is 2. The highest BCUT2D eigenvalue weighted by molar-refractivity contribution is 5.79. The Morgan fingerprint density at radius 1 is 0.684 bits per heavy atom. The molecule has 2 saturated carbocycles. The number of benzene rings is 2. The molecule has 0 heterocycles. The molecule has 6 heteroatoms. The third-order valence-electron chi connectivity index (χ3n) is 8.46. The molecule has 0 aromatic heterocycles. The molecule has 6 atom stereocenters. The van der Waals surface area contributed by atoms with Crippen molar-refractivity contribution in [2.24, 2.45) is 11.8 Å². The zero-order valence-electron chi connectivity index (χ0n) is 22.8. The topological polar surface area (TPSA) is 93.1 Å². The van der Waals surface area contributed by atoms with E-state index in [1.165, 1.54) is 0 Å². The van der Waals surface area contributed by atoms with Gasteiger partial charge in [-0.2, -0.15) is 0 Å². The monoisotopic (exact) mass is 522 g/mol. The maximum Gasteiger partial charge on any atom is 0.316 e. The Kier molecular flexibility index (Phi) is 9.61. The fraction of sp³-hybridized carbons (Fsp3) is 0.562. The van der Waals surface area contributed by atoms with Gasteiger partial charge in [0.2, 0.25) is 6.29 Å². The lowest BCUT2D eigenvalue weighted by Gasteiger charge is -2.20. The molecule has 2 aliphatic rings. The van der Waals surface area contributed by atoms with Crippen LogP contribution in [-0.4, -0.2) is 40.6 Å². The van der Waals surface area contributed by atoms with Crippen molar-refractivity contribution in [2.75, 3.05) is 0 Å². The fourth-order valence-corrected chi connectivity index (χ4v) is 5.83. The number of ether oxygens (including phenoxy) is 2. The predicted molar refractivity (Wildman–Crippen MR) is 145 cm³/mol. The van der Waals surface area contributed by atoms with Crippen LogP contribution >= 0.6 is 0 Å². The lowest BCUT2D eigenvalue weighted by Crippen LogP contribution is -2.26. The number of hydrogen-bond acceptors (Lipinski definition) is 6. The van der Waals surface area contributed by atoms with Crippen molar-refractivity contribution in [3.63, 3.8) is 0 Å². The van der Waals surface area contributed by atoms with Gasteiger partial charge in [0.25, 0.3) is 0 Å². The van der Waals surface area contributed by atoms with Crippen molar-refractivity contribution in [3.05, 3.63) is 70.8 Å². The van der Waals surface area contributed by atoms with Gasteiger partial charge in [-0.15, -0.1) is 0 Å². The first-order valence-electron chi connectivity index (χ1n) is 14.2. The summed E-state index contributed by atoms with van der Waals surface area (Å²) in [4.78, 5) is 25.4. The van der Waals surface area contributed by atoms with Gasteiger partial charge in [-0.1, -0.05) is 61.4 Å². The summed E-state index contributed by atoms with van der Waals surface area (Å²) in [5, 5.41) is 20.1. The first-order chi connectivity index (χ1) is 18.2. The third kappa shape index (κ3) is 7.23. The average molecular weight is 523 g/mol. The molecule has 0 spiro atoms. The van der Waals surface area contributed by atoms with Gasteiger partial charge < -0.3 is 19.7 Å². The largest absolute Gasteiger partial charge is 0.425 e. The van der Waals surface area contributed by atoms with Crippen LogP contribution in [0.3, 0.4) is 0 Å². The Bertz CT molecular complexity index is 977. The SMILES string of the molecule is CC(OC(=O)[C@@H](C)c1ccc(C[C@H]2CCC[C@@H]2O)cc1)OC(=O)[C@@H](C)c1ccc(C[C@H]2CCC[C@@H]2O)cc1. The number of hydrogen-bond donors (Lipinski definition) is 2. The van der Waals surface area contributed by atoms with Crippen LogP contribution in [-0.2, 0) is 31.9 Å². The van der Waals surface area contributed by atoms with Crippen molar-refractivity contribution in [1.82, 2.24) is 0 Å². The molecule has 2 fully saturated rings. The minimum atomic E-state index is -0.994. The molecule has 0 amide bonds. The van der Waals surface area contributed by atoms with Crippen LogP contribution in [0.4, 0.5) is 0 Å². The summed E-state index contributed by atoms with van der Waals surface area (Å²) >= 11 is 0. The average Bonchev–Trinajstić information content (AvgIpc) is 3.50. The zero-order chi connectivity index (χ0) is 27.2. The maximum atomic E-state index is 12.7. The maximum absolute atomic E-state index is 12.7. The van der Waals surface area contributed by atoms with E-state index in [1.54, 1.807) is 20.8 Å². The second kappa shape index (κ2) is 12.9. The molecule has 0 saturated heterocycles. The molecule has 6 nitrogen and oxygen atoms in total. The molecular weight excluding hydrogens is 480 g/mol. The molecule has 2 aliphatic carbocycles. The fourth-order valence-electron chi connectivity index (χ4n) is 5.83. The van der Waals surface area contributed by atoms with Crippen molar-refractivity contribution in [1.29, 1.82) is 0 Å². The first-order valence-corrected chi connectivity index (χ1v) is 14.2. The molecule has 2 aromatic rings. The number of carbonyl (C=O) groups is 2. The Labute approximate surface area is 226 Å². The highest BCUT2D eigenvalue weighted by atomic mass is 16.7. The second-order valence-electron chi connectivity index (χ2n) is 11.3. The quantitative estimate of drug-likeness (QED) is 0.319. The smallest absolute Gasteiger partial charge is 0.316 e. The van der Waals surface area contributed by atoms with Crippen molar-refractivity contribution >= 4 is 11.9 Å². The zero-order valence-corrected chi connectivity index (χ0v) is 22.8. The normalized spacial score (nSPS) is 24.8. The van der Waals surface area contributed by atoms with Crippen molar-refractivity contribution < 1.29 is 29.3 Å². The summed E-state index contributed by atoms with van der Waals surface area (Å²) in [7, 11) is 0. The number of rotatable bonds is 10. The number of esters is 2. The molecule has 2 aromatic carbocycles.